The Kier molecular flexibility index (Phi) is 4.22. The van der Waals surface area contributed by atoms with Crippen molar-refractivity contribution in [2.24, 2.45) is 0 Å². The molecule has 0 spiro atoms. The summed E-state index contributed by atoms with van der Waals surface area (Å²) in [6.45, 7) is -0.642. The first-order valence-electron chi connectivity index (χ1n) is 4.34. The van der Waals surface area contributed by atoms with Gasteiger partial charge in [0.25, 0.3) is 5.56 Å². The summed E-state index contributed by atoms with van der Waals surface area (Å²) < 4.78 is 6.03. The Bertz CT molecular complexity index is 410. The lowest BCUT2D eigenvalue weighted by Gasteiger charge is -2.16. The summed E-state index contributed by atoms with van der Waals surface area (Å²) in [5, 5.41) is 17.5. The molecule has 15 heavy (non-hydrogen) atoms. The Morgan fingerprint density at radius 2 is 2.20 bits per heavy atom. The molecule has 0 aliphatic heterocycles. The minimum Gasteiger partial charge on any atom is -0.394 e. The molecule has 0 aromatic carbocycles. The molecule has 1 atom stereocenters. The quantitative estimate of drug-likeness (QED) is 0.530. The topological polar surface area (TPSA) is 105 Å². The predicted octanol–water partition coefficient (Wildman–Crippen LogP) is -1.96. The van der Waals surface area contributed by atoms with Crippen molar-refractivity contribution in [3.8, 4) is 0 Å². The number of hydrogen-bond donors (Lipinski definition) is 3. The van der Waals surface area contributed by atoms with Crippen molar-refractivity contribution in [1.29, 1.82) is 0 Å². The van der Waals surface area contributed by atoms with Gasteiger partial charge in [0.2, 0.25) is 0 Å². The second-order valence-electron chi connectivity index (χ2n) is 2.75. The molecule has 0 aliphatic carbocycles. The van der Waals surface area contributed by atoms with Crippen molar-refractivity contribution in [3.05, 3.63) is 33.1 Å². The standard InChI is InChI=1S/C8H12N2O5/c11-3-4-15-7(5-12)10-2-1-6(13)9-8(10)14/h1-2,7,11-12H,3-5H2,(H,9,13,14)/t7-/m1/s1. The van der Waals surface area contributed by atoms with Gasteiger partial charge in [-0.15, -0.1) is 0 Å². The van der Waals surface area contributed by atoms with E-state index >= 15 is 0 Å². The van der Waals surface area contributed by atoms with Crippen LogP contribution in [-0.2, 0) is 4.74 Å². The lowest BCUT2D eigenvalue weighted by Crippen LogP contribution is -2.34. The third-order valence-corrected chi connectivity index (χ3v) is 1.72. The molecule has 0 saturated heterocycles. The number of aliphatic hydroxyl groups is 2. The maximum absolute atomic E-state index is 11.3. The number of aromatic amines is 1. The smallest absolute Gasteiger partial charge is 0.330 e. The minimum absolute atomic E-state index is 0.00318. The molecule has 1 aromatic rings. The van der Waals surface area contributed by atoms with E-state index in [9.17, 15) is 9.59 Å². The Morgan fingerprint density at radius 3 is 2.73 bits per heavy atom. The largest absolute Gasteiger partial charge is 0.394 e. The highest BCUT2D eigenvalue weighted by molar-refractivity contribution is 4.83. The maximum Gasteiger partial charge on any atom is 0.330 e. The first-order valence-corrected chi connectivity index (χ1v) is 4.34. The van der Waals surface area contributed by atoms with E-state index in [1.165, 1.54) is 6.20 Å². The van der Waals surface area contributed by atoms with Gasteiger partial charge in [-0.05, 0) is 0 Å². The van der Waals surface area contributed by atoms with E-state index in [-0.39, 0.29) is 13.2 Å². The molecule has 1 aromatic heterocycles. The number of H-pyrrole nitrogens is 1. The van der Waals surface area contributed by atoms with Crippen LogP contribution in [-0.4, -0.2) is 39.6 Å². The Balaban J connectivity index is 2.91. The Hall–Kier alpha value is -1.44. The van der Waals surface area contributed by atoms with E-state index < -0.39 is 24.1 Å². The van der Waals surface area contributed by atoms with Crippen LogP contribution in [0.5, 0.6) is 0 Å². The molecule has 84 valence electrons. The van der Waals surface area contributed by atoms with Crippen molar-refractivity contribution in [2.45, 2.75) is 6.23 Å². The summed E-state index contributed by atoms with van der Waals surface area (Å²) in [6.07, 6.45) is 0.320. The number of rotatable bonds is 5. The zero-order valence-corrected chi connectivity index (χ0v) is 7.92. The predicted molar refractivity (Wildman–Crippen MR) is 50.5 cm³/mol. The second kappa shape index (κ2) is 5.44. The SMILES string of the molecule is O=c1ccn([C@@H](CO)OCCO)c(=O)[nH]1. The summed E-state index contributed by atoms with van der Waals surface area (Å²) in [6, 6.07) is 1.15. The van der Waals surface area contributed by atoms with Gasteiger partial charge < -0.3 is 14.9 Å². The highest BCUT2D eigenvalue weighted by Gasteiger charge is 2.11. The maximum atomic E-state index is 11.3. The molecule has 0 fully saturated rings. The summed E-state index contributed by atoms with van der Waals surface area (Å²) in [4.78, 5) is 24.0. The number of ether oxygens (including phenoxy) is 1. The Morgan fingerprint density at radius 1 is 1.47 bits per heavy atom. The number of nitrogens with zero attached hydrogens (tertiary/aromatic N) is 1. The van der Waals surface area contributed by atoms with Gasteiger partial charge in [0.1, 0.15) is 0 Å². The average Bonchev–Trinajstić information content (AvgIpc) is 2.21. The third-order valence-electron chi connectivity index (χ3n) is 1.72. The van der Waals surface area contributed by atoms with E-state index in [1.807, 2.05) is 4.98 Å². The zero-order valence-electron chi connectivity index (χ0n) is 7.92. The van der Waals surface area contributed by atoms with Gasteiger partial charge in [0, 0.05) is 12.3 Å². The fourth-order valence-electron chi connectivity index (χ4n) is 1.06. The van der Waals surface area contributed by atoms with Gasteiger partial charge in [-0.2, -0.15) is 0 Å². The summed E-state index contributed by atoms with van der Waals surface area (Å²) >= 11 is 0. The first kappa shape index (κ1) is 11.6. The van der Waals surface area contributed by atoms with Crippen LogP contribution in [0.2, 0.25) is 0 Å². The lowest BCUT2D eigenvalue weighted by atomic mass is 10.5. The molecule has 0 saturated carbocycles. The van der Waals surface area contributed by atoms with Crippen LogP contribution in [0.15, 0.2) is 21.9 Å². The molecule has 3 N–H and O–H groups in total. The Labute approximate surface area is 84.6 Å². The first-order chi connectivity index (χ1) is 7.19. The van der Waals surface area contributed by atoms with Crippen LogP contribution >= 0.6 is 0 Å². The number of aromatic nitrogens is 2. The summed E-state index contributed by atoms with van der Waals surface area (Å²) in [5.74, 6) is 0. The molecular weight excluding hydrogens is 204 g/mol. The summed E-state index contributed by atoms with van der Waals surface area (Å²) in [7, 11) is 0. The van der Waals surface area contributed by atoms with Gasteiger partial charge in [-0.25, -0.2) is 4.79 Å². The van der Waals surface area contributed by atoms with E-state index in [0.717, 1.165) is 10.6 Å². The van der Waals surface area contributed by atoms with Gasteiger partial charge >= 0.3 is 5.69 Å². The van der Waals surface area contributed by atoms with Crippen LogP contribution < -0.4 is 11.2 Å². The van der Waals surface area contributed by atoms with Gasteiger partial charge in [-0.3, -0.25) is 14.3 Å². The van der Waals surface area contributed by atoms with Crippen molar-refractivity contribution in [1.82, 2.24) is 9.55 Å². The van der Waals surface area contributed by atoms with Crippen LogP contribution in [0.3, 0.4) is 0 Å². The third kappa shape index (κ3) is 3.01. The molecule has 0 bridgehead atoms. The van der Waals surface area contributed by atoms with E-state index in [1.54, 1.807) is 0 Å². The fourth-order valence-corrected chi connectivity index (χ4v) is 1.06. The van der Waals surface area contributed by atoms with Crippen LogP contribution in [0.25, 0.3) is 0 Å². The number of hydrogen-bond acceptors (Lipinski definition) is 5. The van der Waals surface area contributed by atoms with Crippen LogP contribution in [0, 0.1) is 0 Å². The van der Waals surface area contributed by atoms with Gasteiger partial charge in [0.15, 0.2) is 6.23 Å². The zero-order chi connectivity index (χ0) is 11.3. The van der Waals surface area contributed by atoms with Crippen molar-refractivity contribution in [3.63, 3.8) is 0 Å². The molecule has 7 heteroatoms. The van der Waals surface area contributed by atoms with E-state index in [0.29, 0.717) is 0 Å². The van der Waals surface area contributed by atoms with Crippen molar-refractivity contribution in [2.75, 3.05) is 19.8 Å². The van der Waals surface area contributed by atoms with Gasteiger partial charge in [0.05, 0.1) is 19.8 Å². The lowest BCUT2D eigenvalue weighted by molar-refractivity contribution is -0.0489. The molecular formula is C8H12N2O5. The fraction of sp³-hybridized carbons (Fsp3) is 0.500. The monoisotopic (exact) mass is 216 g/mol. The van der Waals surface area contributed by atoms with E-state index in [2.05, 4.69) is 0 Å². The van der Waals surface area contributed by atoms with Crippen LogP contribution in [0.1, 0.15) is 6.23 Å². The molecule has 0 amide bonds. The molecule has 0 unspecified atom stereocenters. The molecule has 1 heterocycles. The molecule has 7 nitrogen and oxygen atoms in total. The molecule has 0 aliphatic rings. The second-order valence-corrected chi connectivity index (χ2v) is 2.75. The normalized spacial score (nSPS) is 12.7. The van der Waals surface area contributed by atoms with Gasteiger partial charge in [-0.1, -0.05) is 0 Å². The van der Waals surface area contributed by atoms with Crippen LogP contribution in [0.4, 0.5) is 0 Å². The summed E-state index contributed by atoms with van der Waals surface area (Å²) in [5.41, 5.74) is -1.19. The molecule has 0 radical (unpaired) electrons. The average molecular weight is 216 g/mol. The highest BCUT2D eigenvalue weighted by Crippen LogP contribution is 2.02. The van der Waals surface area contributed by atoms with Crippen molar-refractivity contribution >= 4 is 0 Å². The van der Waals surface area contributed by atoms with Crippen molar-refractivity contribution < 1.29 is 14.9 Å². The number of aliphatic hydroxyl groups excluding tert-OH is 2. The molecule has 1 rings (SSSR count). The highest BCUT2D eigenvalue weighted by atomic mass is 16.5. The van der Waals surface area contributed by atoms with E-state index in [4.69, 9.17) is 14.9 Å². The number of nitrogens with one attached hydrogen (secondary N) is 1. The minimum atomic E-state index is -0.901.